The minimum absolute atomic E-state index is 0.0530. The number of methoxy groups -OCH3 is 1. The third-order valence-electron chi connectivity index (χ3n) is 1.93. The molecule has 4 heteroatoms. The van der Waals surface area contributed by atoms with Gasteiger partial charge in [0.05, 0.1) is 13.5 Å². The highest BCUT2D eigenvalue weighted by Gasteiger charge is 2.09. The van der Waals surface area contributed by atoms with Gasteiger partial charge in [0, 0.05) is 5.56 Å². The van der Waals surface area contributed by atoms with Crippen molar-refractivity contribution in [2.75, 3.05) is 7.11 Å². The molecule has 0 radical (unpaired) electrons. The molecule has 0 heterocycles. The zero-order chi connectivity index (χ0) is 12.0. The molecule has 0 aromatic heterocycles. The fourth-order valence-electron chi connectivity index (χ4n) is 1.23. The smallest absolute Gasteiger partial charge is 0.302 e. The molecule has 4 nitrogen and oxygen atoms in total. The number of benzene rings is 1. The van der Waals surface area contributed by atoms with Crippen LogP contribution in [0.4, 0.5) is 0 Å². The normalized spacial score (nSPS) is 9.00. The maximum absolute atomic E-state index is 11.4. The molecule has 1 rings (SSSR count). The zero-order valence-corrected chi connectivity index (χ0v) is 8.82. The Morgan fingerprint density at radius 3 is 2.75 bits per heavy atom. The predicted molar refractivity (Wildman–Crippen MR) is 58.7 cm³/mol. The summed E-state index contributed by atoms with van der Waals surface area (Å²) in [7, 11) is 1.52. The fraction of sp³-hybridized carbons (Fsp3) is 0.167. The Balaban J connectivity index is 2.70. The summed E-state index contributed by atoms with van der Waals surface area (Å²) in [5, 5.41) is 2.06. The average Bonchev–Trinajstić information content (AvgIpc) is 2.29. The Kier molecular flexibility index (Phi) is 4.10. The number of hydrogen-bond donors (Lipinski definition) is 1. The van der Waals surface area contributed by atoms with Crippen LogP contribution in [-0.2, 0) is 16.0 Å². The molecule has 0 saturated carbocycles. The maximum Gasteiger partial charge on any atom is 0.302 e. The van der Waals surface area contributed by atoms with Crippen molar-refractivity contribution in [3.8, 4) is 18.1 Å². The number of carbonyl (C=O) groups is 2. The van der Waals surface area contributed by atoms with Crippen molar-refractivity contribution in [3.63, 3.8) is 0 Å². The first-order valence-corrected chi connectivity index (χ1v) is 4.59. The predicted octanol–water partition coefficient (Wildman–Crippen LogP) is 0.514. The van der Waals surface area contributed by atoms with E-state index >= 15 is 0 Å². The number of terminal acetylenes is 1. The van der Waals surface area contributed by atoms with E-state index in [2.05, 4.69) is 5.32 Å². The van der Waals surface area contributed by atoms with E-state index in [1.807, 2.05) is 5.92 Å². The molecule has 0 aliphatic heterocycles. The maximum atomic E-state index is 11.4. The second kappa shape index (κ2) is 5.56. The summed E-state index contributed by atoms with van der Waals surface area (Å²) in [6.45, 7) is 0. The summed E-state index contributed by atoms with van der Waals surface area (Å²) in [5.74, 6) is 1.22. The quantitative estimate of drug-likeness (QED) is 0.751. The minimum Gasteiger partial charge on any atom is -0.496 e. The molecule has 0 aliphatic carbocycles. The Morgan fingerprint density at radius 1 is 1.44 bits per heavy atom. The van der Waals surface area contributed by atoms with Crippen LogP contribution in [0.15, 0.2) is 24.3 Å². The largest absolute Gasteiger partial charge is 0.496 e. The van der Waals surface area contributed by atoms with Gasteiger partial charge < -0.3 is 4.74 Å². The topological polar surface area (TPSA) is 55.4 Å². The molecule has 16 heavy (non-hydrogen) atoms. The van der Waals surface area contributed by atoms with Gasteiger partial charge in [0.2, 0.25) is 5.91 Å². The third-order valence-corrected chi connectivity index (χ3v) is 1.93. The van der Waals surface area contributed by atoms with Crippen LogP contribution in [0, 0.1) is 12.3 Å². The van der Waals surface area contributed by atoms with E-state index in [1.54, 1.807) is 24.3 Å². The van der Waals surface area contributed by atoms with Gasteiger partial charge in [-0.15, -0.1) is 6.42 Å². The van der Waals surface area contributed by atoms with Crippen LogP contribution in [0.2, 0.25) is 0 Å². The lowest BCUT2D eigenvalue weighted by atomic mass is 10.1. The van der Waals surface area contributed by atoms with E-state index < -0.39 is 11.8 Å². The Morgan fingerprint density at radius 2 is 2.12 bits per heavy atom. The Bertz CT molecular complexity index is 446. The van der Waals surface area contributed by atoms with Gasteiger partial charge in [-0.3, -0.25) is 14.9 Å². The lowest BCUT2D eigenvalue weighted by molar-refractivity contribution is -0.127. The molecule has 0 spiro atoms. The van der Waals surface area contributed by atoms with Gasteiger partial charge in [-0.25, -0.2) is 0 Å². The highest BCUT2D eigenvalue weighted by atomic mass is 16.5. The molecule has 0 unspecified atom stereocenters. The fourth-order valence-corrected chi connectivity index (χ4v) is 1.23. The van der Waals surface area contributed by atoms with Crippen molar-refractivity contribution >= 4 is 11.8 Å². The van der Waals surface area contributed by atoms with Crippen molar-refractivity contribution in [1.82, 2.24) is 5.32 Å². The highest BCUT2D eigenvalue weighted by molar-refractivity contribution is 6.04. The van der Waals surface area contributed by atoms with Crippen molar-refractivity contribution in [2.45, 2.75) is 6.42 Å². The second-order valence-corrected chi connectivity index (χ2v) is 3.01. The lowest BCUT2D eigenvalue weighted by Gasteiger charge is -2.06. The summed E-state index contributed by atoms with van der Waals surface area (Å²) < 4.78 is 5.07. The molecule has 1 aromatic carbocycles. The van der Waals surface area contributed by atoms with Crippen molar-refractivity contribution < 1.29 is 14.3 Å². The summed E-state index contributed by atoms with van der Waals surface area (Å²) in [6.07, 6.45) is 4.88. The minimum atomic E-state index is -0.736. The van der Waals surface area contributed by atoms with Crippen LogP contribution in [0.25, 0.3) is 0 Å². The average molecular weight is 217 g/mol. The third kappa shape index (κ3) is 3.14. The summed E-state index contributed by atoms with van der Waals surface area (Å²) in [5.41, 5.74) is 0.701. The number of rotatable bonds is 3. The van der Waals surface area contributed by atoms with E-state index in [1.165, 1.54) is 7.11 Å². The van der Waals surface area contributed by atoms with E-state index in [0.29, 0.717) is 11.3 Å². The molecular weight excluding hydrogens is 206 g/mol. The number of amides is 2. The Hall–Kier alpha value is -2.28. The van der Waals surface area contributed by atoms with Crippen molar-refractivity contribution in [2.24, 2.45) is 0 Å². The van der Waals surface area contributed by atoms with Gasteiger partial charge in [-0.1, -0.05) is 18.2 Å². The van der Waals surface area contributed by atoms with Crippen LogP contribution in [-0.4, -0.2) is 18.9 Å². The first kappa shape index (κ1) is 11.8. The number of imide groups is 1. The van der Waals surface area contributed by atoms with E-state index in [9.17, 15) is 9.59 Å². The first-order valence-electron chi connectivity index (χ1n) is 4.59. The number of carbonyl (C=O) groups excluding carboxylic acids is 2. The van der Waals surface area contributed by atoms with Gasteiger partial charge >= 0.3 is 5.91 Å². The van der Waals surface area contributed by atoms with Gasteiger partial charge in [0.25, 0.3) is 0 Å². The second-order valence-electron chi connectivity index (χ2n) is 3.01. The van der Waals surface area contributed by atoms with Crippen LogP contribution in [0.1, 0.15) is 5.56 Å². The van der Waals surface area contributed by atoms with Gasteiger partial charge in [-0.05, 0) is 12.0 Å². The monoisotopic (exact) mass is 217 g/mol. The molecular formula is C12H11NO3. The summed E-state index contributed by atoms with van der Waals surface area (Å²) in [4.78, 5) is 22.1. The number of para-hydroxylation sites is 1. The molecule has 2 amide bonds. The van der Waals surface area contributed by atoms with Gasteiger partial charge in [0.15, 0.2) is 0 Å². The number of nitrogens with one attached hydrogen (secondary N) is 1. The number of hydrogen-bond acceptors (Lipinski definition) is 3. The van der Waals surface area contributed by atoms with Crippen molar-refractivity contribution in [1.29, 1.82) is 0 Å². The molecule has 0 bridgehead atoms. The molecule has 0 fully saturated rings. The van der Waals surface area contributed by atoms with Crippen molar-refractivity contribution in [3.05, 3.63) is 29.8 Å². The van der Waals surface area contributed by atoms with E-state index in [4.69, 9.17) is 11.2 Å². The SMILES string of the molecule is C#CC(=O)NC(=O)Cc1ccccc1OC. The molecule has 1 aromatic rings. The zero-order valence-electron chi connectivity index (χ0n) is 8.82. The summed E-state index contributed by atoms with van der Waals surface area (Å²) >= 11 is 0. The molecule has 0 saturated heterocycles. The van der Waals surface area contributed by atoms with E-state index in [-0.39, 0.29) is 6.42 Å². The molecule has 82 valence electrons. The van der Waals surface area contributed by atoms with Crippen LogP contribution in [0.5, 0.6) is 5.75 Å². The van der Waals surface area contributed by atoms with Crippen LogP contribution < -0.4 is 10.1 Å². The molecule has 1 N–H and O–H groups in total. The number of ether oxygens (including phenoxy) is 1. The lowest BCUT2D eigenvalue weighted by Crippen LogP contribution is -2.30. The molecule has 0 aliphatic rings. The first-order chi connectivity index (χ1) is 7.67. The standard InChI is InChI=1S/C12H11NO3/c1-3-11(14)13-12(15)8-9-6-4-5-7-10(9)16-2/h1,4-7H,8H2,2H3,(H,13,14,15). The van der Waals surface area contributed by atoms with Crippen LogP contribution >= 0.6 is 0 Å². The van der Waals surface area contributed by atoms with Gasteiger partial charge in [0.1, 0.15) is 5.75 Å². The highest BCUT2D eigenvalue weighted by Crippen LogP contribution is 2.17. The molecule has 0 atom stereocenters. The van der Waals surface area contributed by atoms with Gasteiger partial charge in [-0.2, -0.15) is 0 Å². The van der Waals surface area contributed by atoms with E-state index in [0.717, 1.165) is 0 Å². The summed E-state index contributed by atoms with van der Waals surface area (Å²) in [6, 6.07) is 7.07. The Labute approximate surface area is 93.6 Å². The van der Waals surface area contributed by atoms with Crippen LogP contribution in [0.3, 0.4) is 0 Å².